The van der Waals surface area contributed by atoms with Crippen LogP contribution in [-0.4, -0.2) is 29.7 Å². The van der Waals surface area contributed by atoms with Crippen LogP contribution in [0.25, 0.3) is 21.8 Å². The maximum absolute atomic E-state index is 13.6. The average molecular weight is 526 g/mol. The van der Waals surface area contributed by atoms with Gasteiger partial charge in [0.25, 0.3) is 0 Å². The molecular weight excluding hydrogens is 494 g/mol. The maximum atomic E-state index is 13.6. The number of sulfonamides is 1. The standard InChI is InChI=1S/C31H31N3O3S/c1-4-34-29-8-6-5-7-27(29)28-19-25(15-18-30(28)34)32-31(35)21-33(20-24-13-9-22(2)10-14-24)38(36,37)26-16-11-23(3)12-17-26/h5-19H,4,20-21H2,1-3H3,(H,32,35). The van der Waals surface area contributed by atoms with Gasteiger partial charge in [0, 0.05) is 40.6 Å². The average Bonchev–Trinajstić information content (AvgIpc) is 3.22. The molecule has 0 aliphatic rings. The summed E-state index contributed by atoms with van der Waals surface area (Å²) in [5, 5.41) is 5.09. The molecule has 194 valence electrons. The molecule has 1 N–H and O–H groups in total. The second-order valence-corrected chi connectivity index (χ2v) is 11.6. The first kappa shape index (κ1) is 25.7. The van der Waals surface area contributed by atoms with Crippen molar-refractivity contribution in [1.29, 1.82) is 0 Å². The zero-order valence-electron chi connectivity index (χ0n) is 21.8. The molecule has 0 bridgehead atoms. The Morgan fingerprint density at radius 1 is 0.816 bits per heavy atom. The van der Waals surface area contributed by atoms with E-state index in [2.05, 4.69) is 28.9 Å². The number of benzene rings is 4. The smallest absolute Gasteiger partial charge is 0.243 e. The molecule has 5 rings (SSSR count). The first-order valence-electron chi connectivity index (χ1n) is 12.7. The van der Waals surface area contributed by atoms with Gasteiger partial charge in [-0.15, -0.1) is 0 Å². The third kappa shape index (κ3) is 5.08. The van der Waals surface area contributed by atoms with Gasteiger partial charge in [-0.3, -0.25) is 4.79 Å². The summed E-state index contributed by atoms with van der Waals surface area (Å²) >= 11 is 0. The summed E-state index contributed by atoms with van der Waals surface area (Å²) in [5.41, 5.74) is 5.72. The Morgan fingerprint density at radius 3 is 2.13 bits per heavy atom. The molecule has 0 aliphatic heterocycles. The zero-order chi connectivity index (χ0) is 26.9. The van der Waals surface area contributed by atoms with Crippen LogP contribution in [0.5, 0.6) is 0 Å². The van der Waals surface area contributed by atoms with Crippen molar-refractivity contribution in [2.24, 2.45) is 0 Å². The highest BCUT2D eigenvalue weighted by atomic mass is 32.2. The van der Waals surface area contributed by atoms with Crippen LogP contribution in [0.15, 0.2) is 95.9 Å². The molecule has 0 saturated heterocycles. The number of anilines is 1. The minimum absolute atomic E-state index is 0.0902. The molecule has 1 amide bonds. The van der Waals surface area contributed by atoms with E-state index in [4.69, 9.17) is 0 Å². The first-order chi connectivity index (χ1) is 18.3. The molecule has 0 aliphatic carbocycles. The lowest BCUT2D eigenvalue weighted by Gasteiger charge is -2.22. The van der Waals surface area contributed by atoms with Crippen molar-refractivity contribution in [3.63, 3.8) is 0 Å². The van der Waals surface area contributed by atoms with E-state index in [1.54, 1.807) is 24.3 Å². The lowest BCUT2D eigenvalue weighted by molar-refractivity contribution is -0.116. The maximum Gasteiger partial charge on any atom is 0.243 e. The number of hydrogen-bond acceptors (Lipinski definition) is 3. The van der Waals surface area contributed by atoms with Crippen LogP contribution in [0.4, 0.5) is 5.69 Å². The normalized spacial score (nSPS) is 11.9. The number of nitrogens with zero attached hydrogens (tertiary/aromatic N) is 2. The number of para-hydroxylation sites is 1. The van der Waals surface area contributed by atoms with E-state index in [0.29, 0.717) is 5.69 Å². The van der Waals surface area contributed by atoms with E-state index < -0.39 is 15.9 Å². The Morgan fingerprint density at radius 2 is 1.45 bits per heavy atom. The largest absolute Gasteiger partial charge is 0.341 e. The third-order valence-corrected chi connectivity index (χ3v) is 8.64. The fourth-order valence-electron chi connectivity index (χ4n) is 4.82. The number of aryl methyl sites for hydroxylation is 3. The molecule has 0 unspecified atom stereocenters. The van der Waals surface area contributed by atoms with E-state index in [1.807, 2.05) is 68.4 Å². The summed E-state index contributed by atoms with van der Waals surface area (Å²) in [6.07, 6.45) is 0. The Kier molecular flexibility index (Phi) is 7.06. The summed E-state index contributed by atoms with van der Waals surface area (Å²) < 4.78 is 30.7. The summed E-state index contributed by atoms with van der Waals surface area (Å²) in [5.74, 6) is -0.397. The molecular formula is C31H31N3O3S. The summed E-state index contributed by atoms with van der Waals surface area (Å²) in [6.45, 7) is 6.61. The quantitative estimate of drug-likeness (QED) is 0.260. The number of amides is 1. The van der Waals surface area contributed by atoms with Crippen LogP contribution in [0.3, 0.4) is 0 Å². The molecule has 1 heterocycles. The van der Waals surface area contributed by atoms with Gasteiger partial charge in [-0.2, -0.15) is 4.31 Å². The van der Waals surface area contributed by atoms with E-state index in [1.165, 1.54) is 4.31 Å². The lowest BCUT2D eigenvalue weighted by Crippen LogP contribution is -2.37. The monoisotopic (exact) mass is 525 g/mol. The fraction of sp³-hybridized carbons (Fsp3) is 0.194. The SMILES string of the molecule is CCn1c2ccccc2c2cc(NC(=O)CN(Cc3ccc(C)cc3)S(=O)(=O)c3ccc(C)cc3)ccc21. The van der Waals surface area contributed by atoms with Crippen molar-refractivity contribution in [3.05, 3.63) is 108 Å². The Bertz CT molecular complexity index is 1720. The molecule has 38 heavy (non-hydrogen) atoms. The number of carbonyl (C=O) groups is 1. The Balaban J connectivity index is 1.44. The fourth-order valence-corrected chi connectivity index (χ4v) is 6.20. The van der Waals surface area contributed by atoms with Gasteiger partial charge in [-0.05, 0) is 62.7 Å². The van der Waals surface area contributed by atoms with E-state index in [0.717, 1.165) is 45.0 Å². The predicted molar refractivity (Wildman–Crippen MR) is 154 cm³/mol. The van der Waals surface area contributed by atoms with Crippen LogP contribution in [0, 0.1) is 13.8 Å². The van der Waals surface area contributed by atoms with Gasteiger partial charge in [-0.25, -0.2) is 8.42 Å². The second-order valence-electron chi connectivity index (χ2n) is 9.61. The molecule has 0 atom stereocenters. The minimum Gasteiger partial charge on any atom is -0.341 e. The third-order valence-electron chi connectivity index (χ3n) is 6.83. The topological polar surface area (TPSA) is 71.4 Å². The van der Waals surface area contributed by atoms with Crippen molar-refractivity contribution in [3.8, 4) is 0 Å². The van der Waals surface area contributed by atoms with Crippen LogP contribution in [0.2, 0.25) is 0 Å². The van der Waals surface area contributed by atoms with Crippen LogP contribution >= 0.6 is 0 Å². The zero-order valence-corrected chi connectivity index (χ0v) is 22.6. The van der Waals surface area contributed by atoms with Gasteiger partial charge < -0.3 is 9.88 Å². The molecule has 0 spiro atoms. The highest BCUT2D eigenvalue weighted by Gasteiger charge is 2.27. The number of hydrogen-bond donors (Lipinski definition) is 1. The number of fused-ring (bicyclic) bond motifs is 3. The molecule has 0 saturated carbocycles. The highest BCUT2D eigenvalue weighted by Crippen LogP contribution is 2.31. The molecule has 4 aromatic carbocycles. The molecule has 5 aromatic rings. The lowest BCUT2D eigenvalue weighted by atomic mass is 10.1. The van der Waals surface area contributed by atoms with Gasteiger partial charge in [0.2, 0.25) is 15.9 Å². The van der Waals surface area contributed by atoms with Crippen molar-refractivity contribution in [1.82, 2.24) is 8.87 Å². The van der Waals surface area contributed by atoms with E-state index >= 15 is 0 Å². The van der Waals surface area contributed by atoms with Crippen LogP contribution < -0.4 is 5.32 Å². The van der Waals surface area contributed by atoms with Crippen LogP contribution in [0.1, 0.15) is 23.6 Å². The van der Waals surface area contributed by atoms with Crippen molar-refractivity contribution >= 4 is 43.4 Å². The first-order valence-corrected chi connectivity index (χ1v) is 14.1. The minimum atomic E-state index is -3.91. The number of nitrogens with one attached hydrogen (secondary N) is 1. The van der Waals surface area contributed by atoms with Gasteiger partial charge in [0.05, 0.1) is 11.4 Å². The highest BCUT2D eigenvalue weighted by molar-refractivity contribution is 7.89. The Labute approximate surface area is 223 Å². The van der Waals surface area contributed by atoms with Crippen molar-refractivity contribution in [2.75, 3.05) is 11.9 Å². The van der Waals surface area contributed by atoms with Gasteiger partial charge in [-0.1, -0.05) is 65.7 Å². The van der Waals surface area contributed by atoms with Crippen molar-refractivity contribution in [2.45, 2.75) is 38.8 Å². The van der Waals surface area contributed by atoms with Crippen LogP contribution in [-0.2, 0) is 27.9 Å². The molecule has 7 heteroatoms. The number of rotatable bonds is 8. The Hall–Kier alpha value is -3.94. The van der Waals surface area contributed by atoms with Gasteiger partial charge in [0.15, 0.2) is 0 Å². The van der Waals surface area contributed by atoms with Gasteiger partial charge in [0.1, 0.15) is 0 Å². The van der Waals surface area contributed by atoms with E-state index in [-0.39, 0.29) is 18.0 Å². The number of carbonyl (C=O) groups excluding carboxylic acids is 1. The molecule has 1 aromatic heterocycles. The van der Waals surface area contributed by atoms with E-state index in [9.17, 15) is 13.2 Å². The summed E-state index contributed by atoms with van der Waals surface area (Å²) in [7, 11) is -3.91. The summed E-state index contributed by atoms with van der Waals surface area (Å²) in [6, 6.07) is 28.4. The van der Waals surface area contributed by atoms with Crippen molar-refractivity contribution < 1.29 is 13.2 Å². The summed E-state index contributed by atoms with van der Waals surface area (Å²) in [4.78, 5) is 13.4. The molecule has 0 radical (unpaired) electrons. The predicted octanol–water partition coefficient (Wildman–Crippen LogP) is 6.26. The second kappa shape index (κ2) is 10.4. The molecule has 0 fully saturated rings. The molecule has 6 nitrogen and oxygen atoms in total. The van der Waals surface area contributed by atoms with Gasteiger partial charge >= 0.3 is 0 Å². The number of aromatic nitrogens is 1.